The molecule has 0 aliphatic carbocycles. The molecule has 1 aliphatic rings. The Bertz CT molecular complexity index is 1490. The summed E-state index contributed by atoms with van der Waals surface area (Å²) in [7, 11) is 1.96. The van der Waals surface area contributed by atoms with Gasteiger partial charge in [0, 0.05) is 36.4 Å². The van der Waals surface area contributed by atoms with Crippen molar-refractivity contribution in [3.8, 4) is 22.4 Å². The molecular weight excluding hydrogens is 476 g/mol. The fraction of sp³-hybridized carbons (Fsp3) is 0.300. The van der Waals surface area contributed by atoms with Crippen LogP contribution < -0.4 is 11.1 Å². The van der Waals surface area contributed by atoms with Crippen LogP contribution in [0, 0.1) is 0 Å². The van der Waals surface area contributed by atoms with Crippen LogP contribution in [0.4, 0.5) is 11.5 Å². The van der Waals surface area contributed by atoms with Gasteiger partial charge in [-0.05, 0) is 74.1 Å². The second-order valence-corrected chi connectivity index (χ2v) is 10.1. The molecule has 8 heteroatoms. The minimum absolute atomic E-state index is 0.0739. The standard InChI is InChI=1S/C30H34N6O2/c1-18(2)29(37)34-23-14-12-21(13-15-23)26-24(25-27(31)32-17-33-28(25)35(26)4)20-8-10-22(11-9-20)30(38)36-16-6-5-7-19(36)3/h8-15,17,19,29,34,37H,1,5-7,16H2,2-4H3,(H2,31,32,33)/t19-,29?/m0/s1. The molecule has 4 N–H and O–H groups in total. The van der Waals surface area contributed by atoms with Crippen molar-refractivity contribution < 1.29 is 9.90 Å². The zero-order valence-corrected chi connectivity index (χ0v) is 22.1. The number of carbonyl (C=O) groups excluding carboxylic acids is 1. The van der Waals surface area contributed by atoms with Gasteiger partial charge in [0.25, 0.3) is 5.91 Å². The van der Waals surface area contributed by atoms with E-state index in [1.54, 1.807) is 6.92 Å². The number of nitrogens with zero attached hydrogens (tertiary/aromatic N) is 4. The highest BCUT2D eigenvalue weighted by Crippen LogP contribution is 2.41. The van der Waals surface area contributed by atoms with Crippen LogP contribution in [0.25, 0.3) is 33.4 Å². The fourth-order valence-corrected chi connectivity index (χ4v) is 5.25. The van der Waals surface area contributed by atoms with Crippen molar-refractivity contribution >= 4 is 28.4 Å². The van der Waals surface area contributed by atoms with Crippen molar-refractivity contribution in [1.29, 1.82) is 0 Å². The molecule has 4 aromatic rings. The van der Waals surface area contributed by atoms with E-state index >= 15 is 0 Å². The third-order valence-corrected chi connectivity index (χ3v) is 7.41. The predicted molar refractivity (Wildman–Crippen MR) is 153 cm³/mol. The van der Waals surface area contributed by atoms with E-state index in [0.29, 0.717) is 17.0 Å². The number of aliphatic hydroxyl groups excluding tert-OH is 1. The Kier molecular flexibility index (Phi) is 6.91. The number of anilines is 2. The van der Waals surface area contributed by atoms with Crippen LogP contribution in [0.3, 0.4) is 0 Å². The minimum atomic E-state index is -0.821. The summed E-state index contributed by atoms with van der Waals surface area (Å²) in [6, 6.07) is 15.8. The number of hydrogen-bond donors (Lipinski definition) is 3. The highest BCUT2D eigenvalue weighted by Gasteiger charge is 2.25. The van der Waals surface area contributed by atoms with Crippen molar-refractivity contribution in [2.24, 2.45) is 7.05 Å². The first-order chi connectivity index (χ1) is 18.3. The number of rotatable bonds is 6. The van der Waals surface area contributed by atoms with Crippen LogP contribution in [0.1, 0.15) is 43.5 Å². The van der Waals surface area contributed by atoms with Gasteiger partial charge in [-0.2, -0.15) is 0 Å². The van der Waals surface area contributed by atoms with Gasteiger partial charge >= 0.3 is 0 Å². The maximum absolute atomic E-state index is 13.2. The Morgan fingerprint density at radius 2 is 1.79 bits per heavy atom. The molecule has 38 heavy (non-hydrogen) atoms. The number of hydrogen-bond acceptors (Lipinski definition) is 6. The number of fused-ring (bicyclic) bond motifs is 1. The lowest BCUT2D eigenvalue weighted by Crippen LogP contribution is -2.41. The van der Waals surface area contributed by atoms with E-state index in [1.165, 1.54) is 12.7 Å². The molecule has 196 valence electrons. The first kappa shape index (κ1) is 25.5. The quantitative estimate of drug-likeness (QED) is 0.243. The third kappa shape index (κ3) is 4.63. The van der Waals surface area contributed by atoms with Gasteiger partial charge in [-0.3, -0.25) is 4.79 Å². The topological polar surface area (TPSA) is 109 Å². The van der Waals surface area contributed by atoms with Crippen LogP contribution in [-0.4, -0.2) is 49.3 Å². The van der Waals surface area contributed by atoms with Crippen LogP contribution in [0.5, 0.6) is 0 Å². The first-order valence-electron chi connectivity index (χ1n) is 13.0. The van der Waals surface area contributed by atoms with Gasteiger partial charge < -0.3 is 25.6 Å². The summed E-state index contributed by atoms with van der Waals surface area (Å²) in [5, 5.41) is 13.9. The lowest BCUT2D eigenvalue weighted by atomic mass is 9.97. The lowest BCUT2D eigenvalue weighted by molar-refractivity contribution is 0.0635. The SMILES string of the molecule is C=C(C)C(O)Nc1ccc(-c2c(-c3ccc(C(=O)N4CCCC[C@@H]4C)cc3)c3c(N)ncnc3n2C)cc1. The number of nitrogen functional groups attached to an aromatic ring is 1. The number of nitrogens with one attached hydrogen (secondary N) is 1. The largest absolute Gasteiger partial charge is 0.383 e. The number of nitrogens with two attached hydrogens (primary N) is 1. The molecule has 0 bridgehead atoms. The van der Waals surface area contributed by atoms with E-state index in [-0.39, 0.29) is 11.9 Å². The first-order valence-corrected chi connectivity index (χ1v) is 13.0. The summed E-state index contributed by atoms with van der Waals surface area (Å²) < 4.78 is 2.02. The molecule has 5 rings (SSSR count). The second kappa shape index (κ2) is 10.3. The average molecular weight is 511 g/mol. The molecule has 3 heterocycles. The summed E-state index contributed by atoms with van der Waals surface area (Å²) >= 11 is 0. The Labute approximate surface area is 222 Å². The molecule has 2 aromatic carbocycles. The van der Waals surface area contributed by atoms with Gasteiger partial charge in [-0.25, -0.2) is 9.97 Å². The maximum atomic E-state index is 13.2. The second-order valence-electron chi connectivity index (χ2n) is 10.1. The monoisotopic (exact) mass is 510 g/mol. The number of piperidine rings is 1. The molecule has 2 atom stereocenters. The third-order valence-electron chi connectivity index (χ3n) is 7.41. The molecule has 8 nitrogen and oxygen atoms in total. The molecular formula is C30H34N6O2. The summed E-state index contributed by atoms with van der Waals surface area (Å²) in [6.07, 6.45) is 3.91. The van der Waals surface area contributed by atoms with Crippen molar-refractivity contribution in [2.75, 3.05) is 17.6 Å². The molecule has 1 saturated heterocycles. The number of amides is 1. The number of aliphatic hydroxyl groups is 1. The number of likely N-dealkylation sites (tertiary alicyclic amines) is 1. The summed E-state index contributed by atoms with van der Waals surface area (Å²) in [6.45, 7) is 8.48. The number of aryl methyl sites for hydroxylation is 1. The molecule has 1 fully saturated rings. The van der Waals surface area contributed by atoms with E-state index in [1.807, 2.05) is 65.0 Å². The van der Waals surface area contributed by atoms with E-state index in [4.69, 9.17) is 5.73 Å². The molecule has 1 aliphatic heterocycles. The van der Waals surface area contributed by atoms with Crippen molar-refractivity contribution in [3.05, 3.63) is 72.6 Å². The van der Waals surface area contributed by atoms with Gasteiger partial charge in [-0.1, -0.05) is 30.8 Å². The smallest absolute Gasteiger partial charge is 0.254 e. The van der Waals surface area contributed by atoms with Crippen molar-refractivity contribution in [2.45, 2.75) is 45.4 Å². The Balaban J connectivity index is 1.56. The zero-order valence-electron chi connectivity index (χ0n) is 22.1. The molecule has 1 unspecified atom stereocenters. The van der Waals surface area contributed by atoms with Crippen LogP contribution in [0.15, 0.2) is 67.0 Å². The summed E-state index contributed by atoms with van der Waals surface area (Å²) in [5.41, 5.74) is 12.9. The molecule has 0 spiro atoms. The predicted octanol–water partition coefficient (Wildman–Crippen LogP) is 5.21. The number of benzene rings is 2. The highest BCUT2D eigenvalue weighted by atomic mass is 16.3. The fourth-order valence-electron chi connectivity index (χ4n) is 5.25. The van der Waals surface area contributed by atoms with Crippen LogP contribution in [-0.2, 0) is 7.05 Å². The molecule has 0 radical (unpaired) electrons. The normalized spacial score (nSPS) is 16.4. The van der Waals surface area contributed by atoms with E-state index in [0.717, 1.165) is 58.5 Å². The Hall–Kier alpha value is -4.17. The van der Waals surface area contributed by atoms with E-state index in [2.05, 4.69) is 28.8 Å². The van der Waals surface area contributed by atoms with Gasteiger partial charge in [0.1, 0.15) is 24.0 Å². The van der Waals surface area contributed by atoms with E-state index < -0.39 is 6.23 Å². The van der Waals surface area contributed by atoms with Crippen LogP contribution >= 0.6 is 0 Å². The Morgan fingerprint density at radius 1 is 1.11 bits per heavy atom. The minimum Gasteiger partial charge on any atom is -0.383 e. The van der Waals surface area contributed by atoms with Gasteiger partial charge in [0.05, 0.1) is 11.1 Å². The average Bonchev–Trinajstić information content (AvgIpc) is 3.22. The zero-order chi connectivity index (χ0) is 27.0. The van der Waals surface area contributed by atoms with Gasteiger partial charge in [0.15, 0.2) is 0 Å². The molecule has 0 saturated carbocycles. The summed E-state index contributed by atoms with van der Waals surface area (Å²) in [5.74, 6) is 0.474. The van der Waals surface area contributed by atoms with Crippen molar-refractivity contribution in [3.63, 3.8) is 0 Å². The highest BCUT2D eigenvalue weighted by molar-refractivity contribution is 6.08. The van der Waals surface area contributed by atoms with E-state index in [9.17, 15) is 9.90 Å². The van der Waals surface area contributed by atoms with Crippen LogP contribution in [0.2, 0.25) is 0 Å². The van der Waals surface area contributed by atoms with Gasteiger partial charge in [-0.15, -0.1) is 0 Å². The lowest BCUT2D eigenvalue weighted by Gasteiger charge is -2.33. The van der Waals surface area contributed by atoms with Crippen molar-refractivity contribution in [1.82, 2.24) is 19.4 Å². The molecule has 2 aromatic heterocycles. The number of aromatic nitrogens is 3. The number of carbonyl (C=O) groups is 1. The Morgan fingerprint density at radius 3 is 2.45 bits per heavy atom. The summed E-state index contributed by atoms with van der Waals surface area (Å²) in [4.78, 5) is 24.0. The maximum Gasteiger partial charge on any atom is 0.254 e. The van der Waals surface area contributed by atoms with Gasteiger partial charge in [0.2, 0.25) is 0 Å². The molecule has 1 amide bonds.